The monoisotopic (exact) mass is 308 g/mol. The maximum atomic E-state index is 12.7. The minimum absolute atomic E-state index is 0.207. The maximum absolute atomic E-state index is 12.7. The highest BCUT2D eigenvalue weighted by atomic mass is 32.2. The molecule has 0 unspecified atom stereocenters. The van der Waals surface area contributed by atoms with Crippen LogP contribution in [0.15, 0.2) is 29.4 Å². The van der Waals surface area contributed by atoms with Crippen molar-refractivity contribution in [3.05, 3.63) is 41.5 Å². The fraction of sp³-hybridized carbons (Fsp3) is 0.357. The third-order valence-electron chi connectivity index (χ3n) is 3.62. The normalized spacial score (nSPS) is 12.0. The molecule has 1 aromatic carbocycles. The first-order valence-electron chi connectivity index (χ1n) is 6.52. The number of nitrogen functional groups attached to an aromatic ring is 1. The molecule has 1 heterocycles. The number of nitrogens with two attached hydrogens (primary N) is 1. The molecule has 7 heteroatoms. The van der Waals surface area contributed by atoms with Gasteiger partial charge in [-0.1, -0.05) is 0 Å². The van der Waals surface area contributed by atoms with Crippen molar-refractivity contribution in [2.75, 3.05) is 12.8 Å². The highest BCUT2D eigenvalue weighted by Gasteiger charge is 2.25. The molecule has 0 radical (unpaired) electrons. The Morgan fingerprint density at radius 1 is 1.33 bits per heavy atom. The number of hydrogen-bond donors (Lipinski definition) is 1. The van der Waals surface area contributed by atoms with E-state index in [1.54, 1.807) is 37.0 Å². The molecular weight excluding hydrogens is 288 g/mol. The summed E-state index contributed by atoms with van der Waals surface area (Å²) in [7, 11) is -0.232. The molecule has 2 N–H and O–H groups in total. The van der Waals surface area contributed by atoms with Gasteiger partial charge in [0.1, 0.15) is 5.82 Å². The summed E-state index contributed by atoms with van der Waals surface area (Å²) in [6.07, 6.45) is 3.43. The Morgan fingerprint density at radius 3 is 2.57 bits per heavy atom. The Balaban J connectivity index is 2.40. The molecule has 0 amide bonds. The lowest BCUT2D eigenvalue weighted by Crippen LogP contribution is -2.28. The van der Waals surface area contributed by atoms with Crippen LogP contribution < -0.4 is 5.73 Å². The summed E-state index contributed by atoms with van der Waals surface area (Å²) in [5, 5.41) is 0. The first-order chi connectivity index (χ1) is 9.73. The molecule has 0 aliphatic carbocycles. The number of sulfonamides is 1. The van der Waals surface area contributed by atoms with Crippen LogP contribution in [-0.2, 0) is 23.6 Å². The number of rotatable bonds is 4. The molecule has 114 valence electrons. The van der Waals surface area contributed by atoms with Gasteiger partial charge in [-0.25, -0.2) is 13.4 Å². The fourth-order valence-corrected chi connectivity index (χ4v) is 3.58. The maximum Gasteiger partial charge on any atom is 0.243 e. The minimum Gasteiger partial charge on any atom is -0.399 e. The van der Waals surface area contributed by atoms with E-state index in [1.165, 1.54) is 10.4 Å². The zero-order valence-corrected chi connectivity index (χ0v) is 13.5. The average Bonchev–Trinajstić information content (AvgIpc) is 2.79. The number of aryl methyl sites for hydroxylation is 2. The smallest absolute Gasteiger partial charge is 0.243 e. The molecule has 0 saturated heterocycles. The molecule has 0 saturated carbocycles. The van der Waals surface area contributed by atoms with Crippen molar-refractivity contribution < 1.29 is 8.42 Å². The SMILES string of the molecule is Cc1cc(N)cc(S(=O)(=O)N(C)Cc2nccn2C)c1C. The van der Waals surface area contributed by atoms with E-state index in [9.17, 15) is 8.42 Å². The molecule has 0 atom stereocenters. The van der Waals surface area contributed by atoms with E-state index in [1.807, 2.05) is 14.0 Å². The van der Waals surface area contributed by atoms with Crippen LogP contribution in [0.5, 0.6) is 0 Å². The molecule has 2 aromatic rings. The Hall–Kier alpha value is -1.86. The van der Waals surface area contributed by atoms with Crippen molar-refractivity contribution in [3.8, 4) is 0 Å². The summed E-state index contributed by atoms with van der Waals surface area (Å²) in [6, 6.07) is 3.28. The van der Waals surface area contributed by atoms with Crippen LogP contribution in [0, 0.1) is 13.8 Å². The van der Waals surface area contributed by atoms with Gasteiger partial charge in [0, 0.05) is 32.2 Å². The third-order valence-corrected chi connectivity index (χ3v) is 5.54. The van der Waals surface area contributed by atoms with Crippen molar-refractivity contribution in [1.82, 2.24) is 13.9 Å². The molecule has 2 rings (SSSR count). The second kappa shape index (κ2) is 5.50. The molecule has 21 heavy (non-hydrogen) atoms. The summed E-state index contributed by atoms with van der Waals surface area (Å²) < 4.78 is 28.5. The van der Waals surface area contributed by atoms with E-state index in [0.29, 0.717) is 11.5 Å². The van der Waals surface area contributed by atoms with Gasteiger partial charge in [-0.3, -0.25) is 0 Å². The van der Waals surface area contributed by atoms with Gasteiger partial charge in [0.15, 0.2) is 0 Å². The van der Waals surface area contributed by atoms with Gasteiger partial charge in [0.2, 0.25) is 10.0 Å². The van der Waals surface area contributed by atoms with Gasteiger partial charge in [-0.15, -0.1) is 0 Å². The van der Waals surface area contributed by atoms with Crippen molar-refractivity contribution >= 4 is 15.7 Å². The van der Waals surface area contributed by atoms with Gasteiger partial charge >= 0.3 is 0 Å². The average molecular weight is 308 g/mol. The first-order valence-corrected chi connectivity index (χ1v) is 7.96. The van der Waals surface area contributed by atoms with E-state index < -0.39 is 10.0 Å². The Kier molecular flexibility index (Phi) is 4.06. The lowest BCUT2D eigenvalue weighted by Gasteiger charge is -2.19. The lowest BCUT2D eigenvalue weighted by atomic mass is 10.1. The van der Waals surface area contributed by atoms with Crippen molar-refractivity contribution in [1.29, 1.82) is 0 Å². The quantitative estimate of drug-likeness (QED) is 0.867. The number of nitrogens with zero attached hydrogens (tertiary/aromatic N) is 3. The highest BCUT2D eigenvalue weighted by molar-refractivity contribution is 7.89. The zero-order chi connectivity index (χ0) is 15.8. The third kappa shape index (κ3) is 2.93. The molecule has 0 bridgehead atoms. The first kappa shape index (κ1) is 15.5. The summed E-state index contributed by atoms with van der Waals surface area (Å²) in [4.78, 5) is 4.40. The topological polar surface area (TPSA) is 81.2 Å². The second-order valence-corrected chi connectivity index (χ2v) is 7.19. The largest absolute Gasteiger partial charge is 0.399 e. The van der Waals surface area contributed by atoms with Crippen LogP contribution in [0.1, 0.15) is 17.0 Å². The van der Waals surface area contributed by atoms with Crippen molar-refractivity contribution in [2.24, 2.45) is 7.05 Å². The van der Waals surface area contributed by atoms with Gasteiger partial charge in [0.05, 0.1) is 11.4 Å². The number of benzene rings is 1. The molecule has 0 aliphatic heterocycles. The van der Waals surface area contributed by atoms with E-state index in [2.05, 4.69) is 4.98 Å². The lowest BCUT2D eigenvalue weighted by molar-refractivity contribution is 0.451. The summed E-state index contributed by atoms with van der Waals surface area (Å²) in [5.41, 5.74) is 7.81. The molecule has 0 spiro atoms. The molecule has 0 aliphatic rings. The van der Waals surface area contributed by atoms with Crippen LogP contribution in [0.2, 0.25) is 0 Å². The number of imidazole rings is 1. The minimum atomic E-state index is -3.61. The summed E-state index contributed by atoms with van der Waals surface area (Å²) in [5.74, 6) is 0.680. The van der Waals surface area contributed by atoms with Gasteiger partial charge in [-0.2, -0.15) is 4.31 Å². The fourth-order valence-electron chi connectivity index (χ4n) is 2.12. The summed E-state index contributed by atoms with van der Waals surface area (Å²) >= 11 is 0. The van der Waals surface area contributed by atoms with Crippen LogP contribution in [0.3, 0.4) is 0 Å². The Bertz CT molecular complexity index is 765. The Morgan fingerprint density at radius 2 is 2.00 bits per heavy atom. The second-order valence-electron chi connectivity index (χ2n) is 5.18. The number of anilines is 1. The standard InChI is InChI=1S/C14H20N4O2S/c1-10-7-12(15)8-13(11(10)2)21(19,20)18(4)9-14-16-5-6-17(14)3/h5-8H,9,15H2,1-4H3. The van der Waals surface area contributed by atoms with Crippen LogP contribution in [0.4, 0.5) is 5.69 Å². The van der Waals surface area contributed by atoms with Crippen molar-refractivity contribution in [2.45, 2.75) is 25.3 Å². The number of hydrogen-bond acceptors (Lipinski definition) is 4. The van der Waals surface area contributed by atoms with Gasteiger partial charge in [-0.05, 0) is 37.1 Å². The Labute approximate surface area is 125 Å². The van der Waals surface area contributed by atoms with Crippen LogP contribution in [-0.4, -0.2) is 29.3 Å². The van der Waals surface area contributed by atoms with E-state index >= 15 is 0 Å². The molecular formula is C14H20N4O2S. The van der Waals surface area contributed by atoms with Crippen LogP contribution >= 0.6 is 0 Å². The van der Waals surface area contributed by atoms with Crippen LogP contribution in [0.25, 0.3) is 0 Å². The number of aromatic nitrogens is 2. The van der Waals surface area contributed by atoms with Crippen molar-refractivity contribution in [3.63, 3.8) is 0 Å². The molecule has 1 aromatic heterocycles. The summed E-state index contributed by atoms with van der Waals surface area (Å²) in [6.45, 7) is 3.85. The predicted molar refractivity (Wildman–Crippen MR) is 82.2 cm³/mol. The van der Waals surface area contributed by atoms with Gasteiger partial charge in [0.25, 0.3) is 0 Å². The highest BCUT2D eigenvalue weighted by Crippen LogP contribution is 2.25. The molecule has 0 fully saturated rings. The van der Waals surface area contributed by atoms with E-state index in [0.717, 1.165) is 11.1 Å². The van der Waals surface area contributed by atoms with E-state index in [4.69, 9.17) is 5.73 Å². The van der Waals surface area contributed by atoms with Gasteiger partial charge < -0.3 is 10.3 Å². The zero-order valence-electron chi connectivity index (χ0n) is 12.7. The molecule has 6 nitrogen and oxygen atoms in total. The van der Waals surface area contributed by atoms with E-state index in [-0.39, 0.29) is 11.4 Å². The predicted octanol–water partition coefficient (Wildman–Crippen LogP) is 1.44.